The van der Waals surface area contributed by atoms with Gasteiger partial charge in [0.2, 0.25) is 11.2 Å². The molecule has 116 valence electrons. The van der Waals surface area contributed by atoms with Crippen molar-refractivity contribution in [2.24, 2.45) is 0 Å². The summed E-state index contributed by atoms with van der Waals surface area (Å²) in [6.45, 7) is 0. The molecular weight excluding hydrogens is 296 g/mol. The van der Waals surface area contributed by atoms with Crippen LogP contribution in [0.25, 0.3) is 22.1 Å². The molecule has 3 aromatic rings. The summed E-state index contributed by atoms with van der Waals surface area (Å²) in [5, 5.41) is 0.408. The molecule has 0 saturated carbocycles. The van der Waals surface area contributed by atoms with Gasteiger partial charge in [0.15, 0.2) is 0 Å². The topological polar surface area (TPSA) is 65.7 Å². The fourth-order valence-electron chi connectivity index (χ4n) is 2.40. The van der Waals surface area contributed by atoms with Crippen molar-refractivity contribution in [1.29, 1.82) is 0 Å². The number of para-hydroxylation sites is 1. The summed E-state index contributed by atoms with van der Waals surface area (Å²) in [7, 11) is 2.80. The maximum absolute atomic E-state index is 12.8. The van der Waals surface area contributed by atoms with Crippen LogP contribution in [0.4, 0.5) is 0 Å². The zero-order valence-electron chi connectivity index (χ0n) is 12.7. The molecule has 0 fully saturated rings. The van der Waals surface area contributed by atoms with Crippen LogP contribution in [-0.2, 0) is 4.74 Å². The smallest absolute Gasteiger partial charge is 0.374 e. The molecule has 0 aliphatic rings. The van der Waals surface area contributed by atoms with Crippen LogP contribution in [0, 0.1) is 0 Å². The predicted molar refractivity (Wildman–Crippen MR) is 85.8 cm³/mol. The van der Waals surface area contributed by atoms with Gasteiger partial charge in [-0.05, 0) is 29.8 Å². The summed E-state index contributed by atoms with van der Waals surface area (Å²) in [5.41, 5.74) is 0.802. The van der Waals surface area contributed by atoms with Gasteiger partial charge in [0.05, 0.1) is 25.2 Å². The second kappa shape index (κ2) is 5.96. The number of hydrogen-bond donors (Lipinski definition) is 0. The lowest BCUT2D eigenvalue weighted by Crippen LogP contribution is -2.13. The van der Waals surface area contributed by atoms with Crippen LogP contribution < -0.4 is 10.2 Å². The molecule has 3 rings (SSSR count). The van der Waals surface area contributed by atoms with Gasteiger partial charge in [-0.1, -0.05) is 24.3 Å². The molecule has 0 saturated heterocycles. The summed E-state index contributed by atoms with van der Waals surface area (Å²) in [6.07, 6.45) is 0. The third kappa shape index (κ3) is 2.57. The molecule has 2 aromatic carbocycles. The number of ether oxygens (including phenoxy) is 2. The van der Waals surface area contributed by atoms with Crippen molar-refractivity contribution >= 4 is 16.9 Å². The first-order chi connectivity index (χ1) is 11.2. The number of benzene rings is 2. The Balaban J connectivity index is 2.34. The lowest BCUT2D eigenvalue weighted by molar-refractivity contribution is 0.0567. The van der Waals surface area contributed by atoms with Crippen LogP contribution in [0.1, 0.15) is 10.6 Å². The summed E-state index contributed by atoms with van der Waals surface area (Å²) in [4.78, 5) is 24.9. The van der Waals surface area contributed by atoms with Crippen molar-refractivity contribution < 1.29 is 18.7 Å². The standard InChI is InChI=1S/C18H14O5/c1-21-12-9-7-11(8-10-12)15-16(19)13-5-3-4-6-14(13)23-17(15)18(20)22-2/h3-10H,1-2H3. The number of carbonyl (C=O) groups excluding carboxylic acids is 1. The average molecular weight is 310 g/mol. The van der Waals surface area contributed by atoms with Crippen LogP contribution >= 0.6 is 0 Å². The van der Waals surface area contributed by atoms with Crippen molar-refractivity contribution in [2.45, 2.75) is 0 Å². The van der Waals surface area contributed by atoms with Crippen LogP contribution in [0.2, 0.25) is 0 Å². The van der Waals surface area contributed by atoms with Gasteiger partial charge in [-0.15, -0.1) is 0 Å². The van der Waals surface area contributed by atoms with Crippen molar-refractivity contribution in [2.75, 3.05) is 14.2 Å². The minimum atomic E-state index is -0.696. The maximum Gasteiger partial charge on any atom is 0.374 e. The molecule has 0 spiro atoms. The first kappa shape index (κ1) is 14.8. The molecule has 0 aliphatic heterocycles. The van der Waals surface area contributed by atoms with E-state index in [1.165, 1.54) is 7.11 Å². The lowest BCUT2D eigenvalue weighted by Gasteiger charge is -2.09. The van der Waals surface area contributed by atoms with E-state index < -0.39 is 5.97 Å². The highest BCUT2D eigenvalue weighted by atomic mass is 16.5. The van der Waals surface area contributed by atoms with Gasteiger partial charge in [0.25, 0.3) is 0 Å². The summed E-state index contributed by atoms with van der Waals surface area (Å²) in [6, 6.07) is 13.6. The van der Waals surface area contributed by atoms with E-state index in [9.17, 15) is 9.59 Å². The van der Waals surface area contributed by atoms with Crippen LogP contribution in [0.5, 0.6) is 5.75 Å². The van der Waals surface area contributed by atoms with E-state index in [2.05, 4.69) is 0 Å². The van der Waals surface area contributed by atoms with Gasteiger partial charge >= 0.3 is 5.97 Å². The minimum Gasteiger partial charge on any atom is -0.497 e. The lowest BCUT2D eigenvalue weighted by atomic mass is 10.0. The predicted octanol–water partition coefficient (Wildman–Crippen LogP) is 3.26. The molecule has 1 aromatic heterocycles. The monoisotopic (exact) mass is 310 g/mol. The van der Waals surface area contributed by atoms with Crippen molar-refractivity contribution in [3.8, 4) is 16.9 Å². The molecule has 23 heavy (non-hydrogen) atoms. The first-order valence-electron chi connectivity index (χ1n) is 6.94. The largest absolute Gasteiger partial charge is 0.497 e. The highest BCUT2D eigenvalue weighted by molar-refractivity contribution is 5.97. The van der Waals surface area contributed by atoms with E-state index in [1.807, 2.05) is 0 Å². The van der Waals surface area contributed by atoms with E-state index in [1.54, 1.807) is 55.6 Å². The Labute approximate surface area is 132 Å². The molecule has 5 nitrogen and oxygen atoms in total. The number of rotatable bonds is 3. The van der Waals surface area contributed by atoms with E-state index in [0.717, 1.165) is 0 Å². The number of methoxy groups -OCH3 is 2. The Bertz CT molecular complexity index is 922. The normalized spacial score (nSPS) is 10.5. The Kier molecular flexibility index (Phi) is 3.85. The molecule has 0 aliphatic carbocycles. The SMILES string of the molecule is COC(=O)c1oc2ccccc2c(=O)c1-c1ccc(OC)cc1. The van der Waals surface area contributed by atoms with Crippen molar-refractivity contribution in [3.63, 3.8) is 0 Å². The van der Waals surface area contributed by atoms with E-state index in [0.29, 0.717) is 22.3 Å². The highest BCUT2D eigenvalue weighted by Crippen LogP contribution is 2.26. The van der Waals surface area contributed by atoms with Gasteiger partial charge < -0.3 is 13.9 Å². The van der Waals surface area contributed by atoms with Crippen molar-refractivity contribution in [1.82, 2.24) is 0 Å². The van der Waals surface area contributed by atoms with E-state index in [4.69, 9.17) is 13.9 Å². The number of esters is 1. The Morgan fingerprint density at radius 3 is 2.35 bits per heavy atom. The van der Waals surface area contributed by atoms with Gasteiger partial charge in [-0.2, -0.15) is 0 Å². The maximum atomic E-state index is 12.8. The Morgan fingerprint density at radius 1 is 1.00 bits per heavy atom. The number of hydrogen-bond acceptors (Lipinski definition) is 5. The van der Waals surface area contributed by atoms with E-state index in [-0.39, 0.29) is 16.8 Å². The number of fused-ring (bicyclic) bond motifs is 1. The fourth-order valence-corrected chi connectivity index (χ4v) is 2.40. The minimum absolute atomic E-state index is 0.110. The molecule has 0 N–H and O–H groups in total. The second-order valence-electron chi connectivity index (χ2n) is 4.85. The molecule has 5 heteroatoms. The van der Waals surface area contributed by atoms with Gasteiger partial charge in [-0.25, -0.2) is 4.79 Å². The Hall–Kier alpha value is -3.08. The quantitative estimate of drug-likeness (QED) is 0.695. The van der Waals surface area contributed by atoms with Gasteiger partial charge in [0, 0.05) is 0 Å². The summed E-state index contributed by atoms with van der Waals surface area (Å²) < 4.78 is 15.5. The molecule has 1 heterocycles. The third-order valence-electron chi connectivity index (χ3n) is 3.55. The first-order valence-corrected chi connectivity index (χ1v) is 6.94. The summed E-state index contributed by atoms with van der Waals surface area (Å²) in [5.74, 6) is -0.154. The van der Waals surface area contributed by atoms with E-state index >= 15 is 0 Å². The van der Waals surface area contributed by atoms with Gasteiger partial charge in [0.1, 0.15) is 11.3 Å². The Morgan fingerprint density at radius 2 is 1.70 bits per heavy atom. The molecule has 0 atom stereocenters. The second-order valence-corrected chi connectivity index (χ2v) is 4.85. The van der Waals surface area contributed by atoms with Gasteiger partial charge in [-0.3, -0.25) is 4.79 Å². The average Bonchev–Trinajstić information content (AvgIpc) is 2.61. The molecule has 0 radical (unpaired) electrons. The van der Waals surface area contributed by atoms with Crippen LogP contribution in [-0.4, -0.2) is 20.2 Å². The molecule has 0 amide bonds. The van der Waals surface area contributed by atoms with Crippen LogP contribution in [0.15, 0.2) is 57.7 Å². The zero-order chi connectivity index (χ0) is 16.4. The molecule has 0 unspecified atom stereocenters. The zero-order valence-corrected chi connectivity index (χ0v) is 12.7. The van der Waals surface area contributed by atoms with Crippen LogP contribution in [0.3, 0.4) is 0 Å². The third-order valence-corrected chi connectivity index (χ3v) is 3.55. The molecular formula is C18H14O5. The number of carbonyl (C=O) groups is 1. The summed E-state index contributed by atoms with van der Waals surface area (Å²) >= 11 is 0. The fraction of sp³-hybridized carbons (Fsp3) is 0.111. The highest BCUT2D eigenvalue weighted by Gasteiger charge is 2.22. The van der Waals surface area contributed by atoms with Crippen molar-refractivity contribution in [3.05, 3.63) is 64.5 Å². The molecule has 0 bridgehead atoms.